The number of nitrogens with zero attached hydrogens (tertiary/aromatic N) is 1. The Bertz CT molecular complexity index is 596. The molecule has 6 heteroatoms. The van der Waals surface area contributed by atoms with E-state index < -0.39 is 18.3 Å². The van der Waals surface area contributed by atoms with Crippen molar-refractivity contribution in [1.29, 1.82) is 0 Å². The van der Waals surface area contributed by atoms with E-state index in [-0.39, 0.29) is 16.7 Å². The minimum absolute atomic E-state index is 0.0648. The van der Waals surface area contributed by atoms with Gasteiger partial charge in [0.1, 0.15) is 6.54 Å². The van der Waals surface area contributed by atoms with Crippen molar-refractivity contribution in [3.63, 3.8) is 0 Å². The van der Waals surface area contributed by atoms with Crippen LogP contribution in [0.25, 0.3) is 0 Å². The second-order valence-electron chi connectivity index (χ2n) is 6.55. The van der Waals surface area contributed by atoms with Crippen LogP contribution < -0.4 is 5.56 Å². The number of H-pyrrole nitrogens is 1. The highest BCUT2D eigenvalue weighted by Gasteiger charge is 2.62. The van der Waals surface area contributed by atoms with Gasteiger partial charge in [0, 0.05) is 16.7 Å². The highest BCUT2D eigenvalue weighted by Crippen LogP contribution is 2.66. The van der Waals surface area contributed by atoms with Gasteiger partial charge < -0.3 is 0 Å². The molecule has 2 aliphatic rings. The van der Waals surface area contributed by atoms with Crippen LogP contribution in [0.5, 0.6) is 0 Å². The fourth-order valence-electron chi connectivity index (χ4n) is 3.99. The summed E-state index contributed by atoms with van der Waals surface area (Å²) < 4.78 is 38.1. The first-order valence-corrected chi connectivity index (χ1v) is 6.48. The lowest BCUT2D eigenvalue weighted by Gasteiger charge is -2.34. The first kappa shape index (κ1) is 12.8. The lowest BCUT2D eigenvalue weighted by atomic mass is 9.70. The molecule has 1 N–H and O–H groups in total. The summed E-state index contributed by atoms with van der Waals surface area (Å²) in [5, 5.41) is 2.73. The molecule has 0 radical (unpaired) electrons. The Morgan fingerprint density at radius 1 is 1.37 bits per heavy atom. The molecule has 2 atom stereocenters. The summed E-state index contributed by atoms with van der Waals surface area (Å²) in [6.07, 6.45) is -2.57. The van der Waals surface area contributed by atoms with Crippen molar-refractivity contribution in [1.82, 2.24) is 9.78 Å². The molecular formula is C13H17F3N2O. The molecule has 3 nitrogen and oxygen atoms in total. The fraction of sp³-hybridized carbons (Fsp3) is 0.769. The Kier molecular flexibility index (Phi) is 2.21. The number of nitrogens with one attached hydrogen (secondary N) is 1. The number of aromatic nitrogens is 2. The number of aromatic amines is 1. The van der Waals surface area contributed by atoms with Gasteiger partial charge in [-0.05, 0) is 24.2 Å². The predicted molar refractivity (Wildman–Crippen MR) is 64.2 cm³/mol. The van der Waals surface area contributed by atoms with Gasteiger partial charge in [-0.25, -0.2) is 4.68 Å². The third kappa shape index (κ3) is 1.43. The second-order valence-corrected chi connectivity index (χ2v) is 6.55. The van der Waals surface area contributed by atoms with Crippen LogP contribution in [-0.2, 0) is 12.0 Å². The third-order valence-electron chi connectivity index (χ3n) is 5.46. The monoisotopic (exact) mass is 274 g/mol. The van der Waals surface area contributed by atoms with E-state index in [2.05, 4.69) is 18.9 Å². The van der Waals surface area contributed by atoms with Crippen LogP contribution in [-0.4, -0.2) is 16.0 Å². The Labute approximate surface area is 108 Å². The average molecular weight is 274 g/mol. The normalized spacial score (nSPS) is 31.8. The lowest BCUT2D eigenvalue weighted by Crippen LogP contribution is -2.34. The fourth-order valence-corrected chi connectivity index (χ4v) is 3.99. The largest absolute Gasteiger partial charge is 0.408 e. The lowest BCUT2D eigenvalue weighted by molar-refractivity contribution is -0.143. The summed E-state index contributed by atoms with van der Waals surface area (Å²) >= 11 is 0. The van der Waals surface area contributed by atoms with Crippen LogP contribution in [0.1, 0.15) is 50.8 Å². The number of halogens is 3. The highest BCUT2D eigenvalue weighted by molar-refractivity contribution is 5.44. The minimum Gasteiger partial charge on any atom is -0.299 e. The number of hydrogen-bond acceptors (Lipinski definition) is 1. The molecule has 1 heterocycles. The van der Waals surface area contributed by atoms with Crippen molar-refractivity contribution in [3.8, 4) is 0 Å². The van der Waals surface area contributed by atoms with Gasteiger partial charge in [-0.3, -0.25) is 9.89 Å². The van der Waals surface area contributed by atoms with E-state index in [0.29, 0.717) is 5.56 Å². The molecule has 1 fully saturated rings. The zero-order chi connectivity index (χ0) is 14.2. The molecule has 0 aliphatic heterocycles. The zero-order valence-electron chi connectivity index (χ0n) is 11.2. The van der Waals surface area contributed by atoms with Gasteiger partial charge in [0.2, 0.25) is 0 Å². The number of alkyl halides is 3. The van der Waals surface area contributed by atoms with E-state index in [1.165, 1.54) is 0 Å². The molecule has 2 bridgehead atoms. The molecule has 0 unspecified atom stereocenters. The van der Waals surface area contributed by atoms with Crippen LogP contribution in [0.3, 0.4) is 0 Å². The van der Waals surface area contributed by atoms with Crippen LogP contribution in [0.2, 0.25) is 0 Å². The molecule has 0 aromatic carbocycles. The topological polar surface area (TPSA) is 37.8 Å². The maximum absolute atomic E-state index is 12.5. The molecule has 1 aromatic rings. The predicted octanol–water partition coefficient (Wildman–Crippen LogP) is 2.91. The SMILES string of the molecule is CC1(C)[C@@H]2CC[C@@]1(C)c1[nH]n(CC(F)(F)F)c(=O)c12. The molecule has 1 aromatic heterocycles. The van der Waals surface area contributed by atoms with E-state index in [9.17, 15) is 18.0 Å². The van der Waals surface area contributed by atoms with E-state index >= 15 is 0 Å². The van der Waals surface area contributed by atoms with Gasteiger partial charge in [0.15, 0.2) is 0 Å². The number of rotatable bonds is 1. The molecule has 0 saturated heterocycles. The molecule has 2 aliphatic carbocycles. The van der Waals surface area contributed by atoms with Gasteiger partial charge in [-0.1, -0.05) is 20.8 Å². The van der Waals surface area contributed by atoms with Crippen molar-refractivity contribution in [2.75, 3.05) is 0 Å². The highest BCUT2D eigenvalue weighted by atomic mass is 19.4. The Balaban J connectivity index is 2.13. The quantitative estimate of drug-likeness (QED) is 0.840. The Morgan fingerprint density at radius 2 is 2.00 bits per heavy atom. The van der Waals surface area contributed by atoms with Gasteiger partial charge in [-0.15, -0.1) is 0 Å². The molecule has 19 heavy (non-hydrogen) atoms. The summed E-state index contributed by atoms with van der Waals surface area (Å²) in [6, 6.07) is 0. The summed E-state index contributed by atoms with van der Waals surface area (Å²) in [6.45, 7) is 5.02. The van der Waals surface area contributed by atoms with E-state index in [0.717, 1.165) is 23.2 Å². The van der Waals surface area contributed by atoms with Gasteiger partial charge >= 0.3 is 6.18 Å². The molecule has 0 amide bonds. The minimum atomic E-state index is -4.38. The van der Waals surface area contributed by atoms with Gasteiger partial charge in [0.25, 0.3) is 5.56 Å². The van der Waals surface area contributed by atoms with E-state index in [1.807, 2.05) is 6.92 Å². The molecule has 3 rings (SSSR count). The van der Waals surface area contributed by atoms with Crippen molar-refractivity contribution in [2.45, 2.75) is 57.7 Å². The molecule has 0 spiro atoms. The Hall–Kier alpha value is -1.20. The smallest absolute Gasteiger partial charge is 0.299 e. The Morgan fingerprint density at radius 3 is 2.53 bits per heavy atom. The molecular weight excluding hydrogens is 257 g/mol. The van der Waals surface area contributed by atoms with E-state index in [1.54, 1.807) is 0 Å². The molecule has 1 saturated carbocycles. The average Bonchev–Trinajstić information content (AvgIpc) is 2.72. The van der Waals surface area contributed by atoms with E-state index in [4.69, 9.17) is 0 Å². The number of fused-ring (bicyclic) bond motifs is 5. The molecule has 106 valence electrons. The first-order chi connectivity index (χ1) is 8.58. The van der Waals surface area contributed by atoms with Crippen LogP contribution >= 0.6 is 0 Å². The third-order valence-corrected chi connectivity index (χ3v) is 5.46. The van der Waals surface area contributed by atoms with Gasteiger partial charge in [0.05, 0.1) is 0 Å². The first-order valence-electron chi connectivity index (χ1n) is 6.48. The standard InChI is InChI=1S/C13H17F3N2O/c1-11(2)7-4-5-12(11,3)9-8(7)10(19)18(17-9)6-13(14,15)16/h7,17H,4-6H2,1-3H3/t7-,12+/m1/s1. The second kappa shape index (κ2) is 3.27. The summed E-state index contributed by atoms with van der Waals surface area (Å²) in [7, 11) is 0. The summed E-state index contributed by atoms with van der Waals surface area (Å²) in [4.78, 5) is 12.2. The van der Waals surface area contributed by atoms with Crippen molar-refractivity contribution in [3.05, 3.63) is 21.6 Å². The van der Waals surface area contributed by atoms with Crippen molar-refractivity contribution >= 4 is 0 Å². The summed E-state index contributed by atoms with van der Waals surface area (Å²) in [5.41, 5.74) is 0.535. The number of hydrogen-bond donors (Lipinski definition) is 1. The van der Waals surface area contributed by atoms with Crippen LogP contribution in [0, 0.1) is 5.41 Å². The van der Waals surface area contributed by atoms with Crippen LogP contribution in [0.15, 0.2) is 4.79 Å². The maximum Gasteiger partial charge on any atom is 0.408 e. The maximum atomic E-state index is 12.5. The van der Waals surface area contributed by atoms with Crippen molar-refractivity contribution < 1.29 is 13.2 Å². The van der Waals surface area contributed by atoms with Crippen LogP contribution in [0.4, 0.5) is 13.2 Å². The van der Waals surface area contributed by atoms with Crippen molar-refractivity contribution in [2.24, 2.45) is 5.41 Å². The van der Waals surface area contributed by atoms with Gasteiger partial charge in [-0.2, -0.15) is 13.2 Å². The summed E-state index contributed by atoms with van der Waals surface area (Å²) in [5.74, 6) is 0.0748. The zero-order valence-corrected chi connectivity index (χ0v) is 11.2.